The number of rotatable bonds is 7. The predicted molar refractivity (Wildman–Crippen MR) is 144 cm³/mol. The third-order valence-corrected chi connectivity index (χ3v) is 6.53. The molecule has 0 amide bonds. The Bertz CT molecular complexity index is 1430. The van der Waals surface area contributed by atoms with E-state index in [1.54, 1.807) is 24.4 Å². The molecule has 2 aromatic heterocycles. The van der Waals surface area contributed by atoms with Crippen molar-refractivity contribution in [1.29, 1.82) is 5.26 Å². The molecule has 3 aromatic rings. The molecule has 36 heavy (non-hydrogen) atoms. The maximum atomic E-state index is 9.77. The lowest BCUT2D eigenvalue weighted by molar-refractivity contribution is 0.260. The molecular formula is C26H28Cl2N8. The first-order chi connectivity index (χ1) is 17.6. The predicted octanol–water partition coefficient (Wildman–Crippen LogP) is 5.75. The number of hydrogen-bond acceptors (Lipinski definition) is 8. The molecule has 1 fully saturated rings. The summed E-state index contributed by atoms with van der Waals surface area (Å²) >= 11 is 13.2. The van der Waals surface area contributed by atoms with Crippen LogP contribution in [0.3, 0.4) is 0 Å². The minimum atomic E-state index is -1.53. The molecule has 1 aliphatic carbocycles. The van der Waals surface area contributed by atoms with Crippen molar-refractivity contribution in [3.05, 3.63) is 69.9 Å². The van der Waals surface area contributed by atoms with Crippen LogP contribution in [-0.2, 0) is 0 Å². The summed E-state index contributed by atoms with van der Waals surface area (Å²) in [4.78, 5) is 8.65. The van der Waals surface area contributed by atoms with E-state index >= 15 is 0 Å². The van der Waals surface area contributed by atoms with E-state index in [1.165, 1.54) is 6.20 Å². The first-order valence-corrected chi connectivity index (χ1v) is 12.5. The maximum absolute atomic E-state index is 9.77. The van der Waals surface area contributed by atoms with Gasteiger partial charge in [0.05, 0.1) is 34.9 Å². The van der Waals surface area contributed by atoms with Gasteiger partial charge < -0.3 is 16.1 Å². The highest BCUT2D eigenvalue weighted by Crippen LogP contribution is 2.37. The Kier molecular flexibility index (Phi) is 6.22. The number of halogens is 2. The zero-order valence-corrected chi connectivity index (χ0v) is 21.8. The second kappa shape index (κ2) is 9.66. The van der Waals surface area contributed by atoms with Gasteiger partial charge in [-0.15, -0.1) is 5.53 Å². The lowest BCUT2D eigenvalue weighted by Crippen LogP contribution is -2.38. The van der Waals surface area contributed by atoms with Crippen molar-refractivity contribution in [2.75, 3.05) is 17.2 Å². The van der Waals surface area contributed by atoms with Gasteiger partial charge in [-0.3, -0.25) is 9.99 Å². The summed E-state index contributed by atoms with van der Waals surface area (Å²) in [5.74, 6) is 0. The van der Waals surface area contributed by atoms with Gasteiger partial charge in [-0.2, -0.15) is 5.26 Å². The normalized spacial score (nSPS) is 17.6. The Hall–Kier alpha value is -3.25. The molecule has 2 aliphatic rings. The van der Waals surface area contributed by atoms with Crippen molar-refractivity contribution < 1.29 is 1.37 Å². The highest BCUT2D eigenvalue weighted by Gasteiger charge is 2.33. The number of nitriles is 1. The molecule has 0 radical (unpaired) electrons. The van der Waals surface area contributed by atoms with Crippen LogP contribution in [0, 0.1) is 16.7 Å². The number of fused-ring (bicyclic) bond motifs is 1. The number of nitrogens with zero attached hydrogens (tertiary/aromatic N) is 4. The van der Waals surface area contributed by atoms with Crippen molar-refractivity contribution >= 4 is 45.5 Å². The van der Waals surface area contributed by atoms with E-state index in [2.05, 4.69) is 58.4 Å². The smallest absolute Gasteiger partial charge is 0.134 e. The zero-order valence-electron chi connectivity index (χ0n) is 21.3. The third-order valence-electron chi connectivity index (χ3n) is 5.94. The Morgan fingerprint density at radius 1 is 1.31 bits per heavy atom. The van der Waals surface area contributed by atoms with Crippen LogP contribution >= 0.6 is 23.2 Å². The number of pyridine rings is 2. The van der Waals surface area contributed by atoms with Crippen molar-refractivity contribution in [3.8, 4) is 6.07 Å². The molecule has 1 aromatic carbocycles. The van der Waals surface area contributed by atoms with Crippen LogP contribution in [0.15, 0.2) is 48.6 Å². The highest BCUT2D eigenvalue weighted by molar-refractivity contribution is 6.36. The van der Waals surface area contributed by atoms with Crippen LogP contribution in [-0.4, -0.2) is 27.6 Å². The summed E-state index contributed by atoms with van der Waals surface area (Å²) in [6, 6.07) is 8.19. The number of aromatic nitrogens is 2. The van der Waals surface area contributed by atoms with Gasteiger partial charge in [0.25, 0.3) is 0 Å². The summed E-state index contributed by atoms with van der Waals surface area (Å²) in [5, 5.41) is 19.8. The monoisotopic (exact) mass is 523 g/mol. The Morgan fingerprint density at radius 2 is 2.11 bits per heavy atom. The van der Waals surface area contributed by atoms with Gasteiger partial charge in [0, 0.05) is 47.8 Å². The Labute approximate surface area is 222 Å². The first-order valence-electron chi connectivity index (χ1n) is 12.3. The van der Waals surface area contributed by atoms with Crippen LogP contribution < -0.4 is 21.6 Å². The third kappa shape index (κ3) is 5.14. The van der Waals surface area contributed by atoms with E-state index in [0.29, 0.717) is 56.7 Å². The quantitative estimate of drug-likeness (QED) is 0.290. The number of hydrazine groups is 2. The average Bonchev–Trinajstić information content (AvgIpc) is 3.57. The minimum absolute atomic E-state index is 0.0174. The topological polar surface area (TPSA) is 101 Å². The first kappa shape index (κ1) is 23.2. The molecular weight excluding hydrogens is 495 g/mol. The van der Waals surface area contributed by atoms with Crippen LogP contribution in [0.5, 0.6) is 0 Å². The van der Waals surface area contributed by atoms with Gasteiger partial charge >= 0.3 is 0 Å². The van der Waals surface area contributed by atoms with Crippen LogP contribution in [0.2, 0.25) is 10.2 Å². The molecule has 1 atom stereocenters. The van der Waals surface area contributed by atoms with Gasteiger partial charge in [-0.1, -0.05) is 50.0 Å². The van der Waals surface area contributed by atoms with Gasteiger partial charge in [-0.25, -0.2) is 4.98 Å². The fourth-order valence-corrected chi connectivity index (χ4v) is 4.44. The second-order valence-electron chi connectivity index (χ2n) is 10.2. The standard InChI is InChI=1S/C26H28Cl2N8/c1-26(2,3)14-32-22-15(11-29)12-31-23-19(22)9-16(10-20(23)27)33-24(18-5-4-8-30-25(18)28)21-13-36(35-34-21)17-6-7-17/h4-5,8-10,12-13,17,24,33-35H,6-7,14H2,1-3H3,(H,31,32)/t24-/m0/s1/i24D. The number of nitrogens with one attached hydrogen (secondary N) is 4. The van der Waals surface area contributed by atoms with E-state index in [9.17, 15) is 6.63 Å². The lowest BCUT2D eigenvalue weighted by atomic mass is 9.96. The highest BCUT2D eigenvalue weighted by atomic mass is 35.5. The van der Waals surface area contributed by atoms with E-state index in [1.807, 2.05) is 17.3 Å². The zero-order chi connectivity index (χ0) is 26.4. The van der Waals surface area contributed by atoms with Crippen molar-refractivity contribution in [2.24, 2.45) is 5.41 Å². The SMILES string of the molecule is [2H][C@@](Nc1cc(Cl)c2ncc(C#N)c(NCC(C)(C)C)c2c1)(C1=CN(C2CC2)NN1)c1cccnc1Cl. The number of benzene rings is 1. The lowest BCUT2D eigenvalue weighted by Gasteiger charge is -2.23. The summed E-state index contributed by atoms with van der Waals surface area (Å²) in [7, 11) is 0. The van der Waals surface area contributed by atoms with Crippen LogP contribution in [0.1, 0.15) is 52.1 Å². The molecule has 0 spiro atoms. The van der Waals surface area contributed by atoms with Crippen molar-refractivity contribution in [1.82, 2.24) is 25.9 Å². The van der Waals surface area contributed by atoms with Crippen LogP contribution in [0.4, 0.5) is 11.4 Å². The van der Waals surface area contributed by atoms with Crippen LogP contribution in [0.25, 0.3) is 10.9 Å². The van der Waals surface area contributed by atoms with Gasteiger partial charge in [0.15, 0.2) is 0 Å². The van der Waals surface area contributed by atoms with E-state index in [4.69, 9.17) is 23.2 Å². The van der Waals surface area contributed by atoms with E-state index < -0.39 is 6.02 Å². The molecule has 8 nitrogen and oxygen atoms in total. The van der Waals surface area contributed by atoms with Gasteiger partial charge in [-0.05, 0) is 36.5 Å². The largest absolute Gasteiger partial charge is 0.383 e. The number of hydrogen-bond donors (Lipinski definition) is 4. The van der Waals surface area contributed by atoms with Crippen molar-refractivity contribution in [3.63, 3.8) is 0 Å². The number of anilines is 2. The molecule has 0 saturated heterocycles. The average molecular weight is 524 g/mol. The molecule has 0 bridgehead atoms. The summed E-state index contributed by atoms with van der Waals surface area (Å²) in [5.41, 5.74) is 9.48. The molecule has 186 valence electrons. The Morgan fingerprint density at radius 3 is 2.81 bits per heavy atom. The second-order valence-corrected chi connectivity index (χ2v) is 11.0. The van der Waals surface area contributed by atoms with Crippen molar-refractivity contribution in [2.45, 2.75) is 45.7 Å². The minimum Gasteiger partial charge on any atom is -0.383 e. The fraction of sp³-hybridized carbons (Fsp3) is 0.346. The van der Waals surface area contributed by atoms with Gasteiger partial charge in [0.2, 0.25) is 0 Å². The summed E-state index contributed by atoms with van der Waals surface area (Å²) < 4.78 is 9.60. The van der Waals surface area contributed by atoms with E-state index in [-0.39, 0.29) is 10.6 Å². The molecule has 1 aliphatic heterocycles. The van der Waals surface area contributed by atoms with E-state index in [0.717, 1.165) is 12.8 Å². The fourth-order valence-electron chi connectivity index (χ4n) is 3.96. The maximum Gasteiger partial charge on any atom is 0.134 e. The Balaban J connectivity index is 1.61. The molecule has 0 unspecified atom stereocenters. The molecule has 10 heteroatoms. The molecule has 5 rings (SSSR count). The summed E-state index contributed by atoms with van der Waals surface area (Å²) in [6.45, 7) is 6.98. The molecule has 1 saturated carbocycles. The summed E-state index contributed by atoms with van der Waals surface area (Å²) in [6.07, 6.45) is 7.18. The van der Waals surface area contributed by atoms with Gasteiger partial charge in [0.1, 0.15) is 11.2 Å². The molecule has 3 heterocycles. The molecule has 4 N–H and O–H groups in total.